The zero-order chi connectivity index (χ0) is 20.3. The first-order valence-corrected chi connectivity index (χ1v) is 9.57. The fraction of sp³-hybridized carbons (Fsp3) is 0.600. The third kappa shape index (κ3) is 4.03. The van der Waals surface area contributed by atoms with E-state index in [2.05, 4.69) is 12.2 Å². The van der Waals surface area contributed by atoms with Crippen LogP contribution in [0, 0.1) is 17.6 Å². The standard InChI is InChI=1S/C20H26F2N2O4/c1-13-5-7-20(8-6-13)24(17(12-28-20)18(25)23-9-10-27-2)19(26)15-4-3-14(21)11-16(15)22/h3-4,11,13,17H,5-10,12H2,1-2H3,(H,23,25)/t13?,17-,20?/m0/s1. The molecule has 1 aliphatic carbocycles. The fourth-order valence-corrected chi connectivity index (χ4v) is 3.97. The van der Waals surface area contributed by atoms with Crippen molar-refractivity contribution in [2.45, 2.75) is 44.4 Å². The summed E-state index contributed by atoms with van der Waals surface area (Å²) in [5.74, 6) is -2.25. The normalized spacial score (nSPS) is 27.2. The van der Waals surface area contributed by atoms with Crippen LogP contribution in [-0.4, -0.2) is 55.3 Å². The molecule has 3 rings (SSSR count). The molecular weight excluding hydrogens is 370 g/mol. The van der Waals surface area contributed by atoms with Crippen molar-refractivity contribution in [1.29, 1.82) is 0 Å². The summed E-state index contributed by atoms with van der Waals surface area (Å²) in [5, 5.41) is 2.72. The molecule has 8 heteroatoms. The van der Waals surface area contributed by atoms with Crippen LogP contribution in [0.25, 0.3) is 0 Å². The van der Waals surface area contributed by atoms with Gasteiger partial charge in [0.2, 0.25) is 5.91 Å². The van der Waals surface area contributed by atoms with Crippen LogP contribution >= 0.6 is 0 Å². The molecule has 1 aromatic carbocycles. The Morgan fingerprint density at radius 2 is 2.04 bits per heavy atom. The average molecular weight is 396 g/mol. The van der Waals surface area contributed by atoms with E-state index < -0.39 is 29.3 Å². The zero-order valence-electron chi connectivity index (χ0n) is 16.2. The van der Waals surface area contributed by atoms with Crippen LogP contribution in [0.3, 0.4) is 0 Å². The zero-order valence-corrected chi connectivity index (χ0v) is 16.2. The summed E-state index contributed by atoms with van der Waals surface area (Å²) in [5.41, 5.74) is -1.20. The molecule has 2 amide bonds. The van der Waals surface area contributed by atoms with Crippen molar-refractivity contribution in [2.24, 2.45) is 5.92 Å². The van der Waals surface area contributed by atoms with Crippen LogP contribution in [-0.2, 0) is 14.3 Å². The quantitative estimate of drug-likeness (QED) is 0.777. The topological polar surface area (TPSA) is 67.9 Å². The lowest BCUT2D eigenvalue weighted by Gasteiger charge is -2.43. The average Bonchev–Trinajstić information content (AvgIpc) is 3.03. The maximum absolute atomic E-state index is 14.3. The molecule has 1 aliphatic heterocycles. The molecule has 0 radical (unpaired) electrons. The van der Waals surface area contributed by atoms with Crippen molar-refractivity contribution < 1.29 is 27.8 Å². The first kappa shape index (κ1) is 20.7. The van der Waals surface area contributed by atoms with Crippen molar-refractivity contribution in [1.82, 2.24) is 10.2 Å². The molecule has 0 unspecified atom stereocenters. The molecule has 6 nitrogen and oxygen atoms in total. The minimum Gasteiger partial charge on any atom is -0.383 e. The second kappa shape index (κ2) is 8.53. The van der Waals surface area contributed by atoms with Crippen LogP contribution in [0.2, 0.25) is 0 Å². The second-order valence-electron chi connectivity index (χ2n) is 7.54. The molecule has 1 saturated heterocycles. The van der Waals surface area contributed by atoms with Gasteiger partial charge in [0.1, 0.15) is 23.4 Å². The number of ether oxygens (including phenoxy) is 2. The fourth-order valence-electron chi connectivity index (χ4n) is 3.97. The number of carbonyl (C=O) groups excluding carboxylic acids is 2. The van der Waals surface area contributed by atoms with Gasteiger partial charge in [-0.05, 0) is 43.7 Å². The van der Waals surface area contributed by atoms with Gasteiger partial charge in [0.05, 0.1) is 18.8 Å². The lowest BCUT2D eigenvalue weighted by Crippen LogP contribution is -2.57. The van der Waals surface area contributed by atoms with Crippen molar-refractivity contribution in [3.63, 3.8) is 0 Å². The Morgan fingerprint density at radius 3 is 2.68 bits per heavy atom. The predicted molar refractivity (Wildman–Crippen MR) is 97.5 cm³/mol. The highest BCUT2D eigenvalue weighted by atomic mass is 19.1. The molecule has 1 spiro atoms. The smallest absolute Gasteiger partial charge is 0.259 e. The van der Waals surface area contributed by atoms with E-state index in [1.807, 2.05) is 0 Å². The monoisotopic (exact) mass is 396 g/mol. The molecular formula is C20H26F2N2O4. The molecule has 1 N–H and O–H groups in total. The summed E-state index contributed by atoms with van der Waals surface area (Å²) in [6.07, 6.45) is 2.83. The molecule has 2 fully saturated rings. The lowest BCUT2D eigenvalue weighted by atomic mass is 9.83. The van der Waals surface area contributed by atoms with E-state index in [9.17, 15) is 18.4 Å². The Hall–Kier alpha value is -2.06. The second-order valence-corrected chi connectivity index (χ2v) is 7.54. The summed E-state index contributed by atoms with van der Waals surface area (Å²) in [7, 11) is 1.52. The highest BCUT2D eigenvalue weighted by Gasteiger charge is 2.53. The highest BCUT2D eigenvalue weighted by Crippen LogP contribution is 2.43. The summed E-state index contributed by atoms with van der Waals surface area (Å²) in [4.78, 5) is 27.3. The number of methoxy groups -OCH3 is 1. The maximum Gasteiger partial charge on any atom is 0.259 e. The molecule has 1 aromatic rings. The van der Waals surface area contributed by atoms with Crippen LogP contribution in [0.1, 0.15) is 43.0 Å². The summed E-state index contributed by atoms with van der Waals surface area (Å²) in [6.45, 7) is 2.80. The van der Waals surface area contributed by atoms with Gasteiger partial charge in [0, 0.05) is 19.7 Å². The lowest BCUT2D eigenvalue weighted by molar-refractivity contribution is -0.128. The maximum atomic E-state index is 14.3. The van der Waals surface area contributed by atoms with Crippen molar-refractivity contribution >= 4 is 11.8 Å². The van der Waals surface area contributed by atoms with Gasteiger partial charge in [-0.3, -0.25) is 14.5 Å². The molecule has 0 bridgehead atoms. The van der Waals surface area contributed by atoms with Crippen LogP contribution in [0.15, 0.2) is 18.2 Å². The number of nitrogens with one attached hydrogen (secondary N) is 1. The van der Waals surface area contributed by atoms with Crippen molar-refractivity contribution in [3.05, 3.63) is 35.4 Å². The van der Waals surface area contributed by atoms with E-state index in [1.54, 1.807) is 0 Å². The van der Waals surface area contributed by atoms with Gasteiger partial charge in [0.15, 0.2) is 0 Å². The van der Waals surface area contributed by atoms with E-state index in [4.69, 9.17) is 9.47 Å². The van der Waals surface area contributed by atoms with E-state index >= 15 is 0 Å². The number of nitrogens with zero attached hydrogens (tertiary/aromatic N) is 1. The van der Waals surface area contributed by atoms with Gasteiger partial charge in [-0.1, -0.05) is 6.92 Å². The predicted octanol–water partition coefficient (Wildman–Crippen LogP) is 2.47. The van der Waals surface area contributed by atoms with Gasteiger partial charge in [-0.25, -0.2) is 8.78 Å². The SMILES string of the molecule is COCCNC(=O)[C@@H]1COC2(CCC(C)CC2)N1C(=O)c1ccc(F)cc1F. The van der Waals surface area contributed by atoms with Crippen molar-refractivity contribution in [2.75, 3.05) is 26.9 Å². The molecule has 0 aromatic heterocycles. The molecule has 1 heterocycles. The van der Waals surface area contributed by atoms with E-state index in [1.165, 1.54) is 12.0 Å². The number of carbonyl (C=O) groups is 2. The number of rotatable bonds is 5. The van der Waals surface area contributed by atoms with E-state index in [0.29, 0.717) is 38.0 Å². The van der Waals surface area contributed by atoms with Gasteiger partial charge >= 0.3 is 0 Å². The third-order valence-corrected chi connectivity index (χ3v) is 5.60. The Bertz CT molecular complexity index is 735. The minimum atomic E-state index is -0.949. The third-order valence-electron chi connectivity index (χ3n) is 5.60. The van der Waals surface area contributed by atoms with Gasteiger partial charge in [-0.15, -0.1) is 0 Å². The number of halogens is 2. The van der Waals surface area contributed by atoms with Gasteiger partial charge in [0.25, 0.3) is 5.91 Å². The number of hydrogen-bond donors (Lipinski definition) is 1. The van der Waals surface area contributed by atoms with Crippen molar-refractivity contribution in [3.8, 4) is 0 Å². The number of hydrogen-bond acceptors (Lipinski definition) is 4. The van der Waals surface area contributed by atoms with Crippen LogP contribution < -0.4 is 5.32 Å². The summed E-state index contributed by atoms with van der Waals surface area (Å²) >= 11 is 0. The summed E-state index contributed by atoms with van der Waals surface area (Å²) < 4.78 is 38.5. The largest absolute Gasteiger partial charge is 0.383 e. The first-order chi connectivity index (χ1) is 13.4. The van der Waals surface area contributed by atoms with Gasteiger partial charge in [-0.2, -0.15) is 0 Å². The number of benzene rings is 1. The van der Waals surface area contributed by atoms with E-state index in [-0.39, 0.29) is 18.1 Å². The molecule has 1 atom stereocenters. The first-order valence-electron chi connectivity index (χ1n) is 9.57. The van der Waals surface area contributed by atoms with Gasteiger partial charge < -0.3 is 14.8 Å². The molecule has 28 heavy (non-hydrogen) atoms. The molecule has 1 saturated carbocycles. The number of amides is 2. The van der Waals surface area contributed by atoms with E-state index in [0.717, 1.165) is 25.0 Å². The van der Waals surface area contributed by atoms with Crippen LogP contribution in [0.5, 0.6) is 0 Å². The van der Waals surface area contributed by atoms with Crippen LogP contribution in [0.4, 0.5) is 8.78 Å². The Labute approximate surface area is 163 Å². The Balaban J connectivity index is 1.90. The molecule has 2 aliphatic rings. The minimum absolute atomic E-state index is 0.0434. The molecule has 154 valence electrons. The Morgan fingerprint density at radius 1 is 1.32 bits per heavy atom. The Kier molecular flexibility index (Phi) is 6.30. The highest BCUT2D eigenvalue weighted by molar-refractivity contribution is 5.98. The summed E-state index contributed by atoms with van der Waals surface area (Å²) in [6, 6.07) is 1.95.